The minimum atomic E-state index is -0.299. The summed E-state index contributed by atoms with van der Waals surface area (Å²) in [7, 11) is 0. The molecular weight excluding hydrogens is 287 g/mol. The van der Waals surface area contributed by atoms with Crippen molar-refractivity contribution in [3.8, 4) is 0 Å². The third-order valence-corrected chi connectivity index (χ3v) is 3.55. The zero-order valence-corrected chi connectivity index (χ0v) is 12.3. The number of aliphatic hydroxyl groups is 1. The van der Waals surface area contributed by atoms with Gasteiger partial charge in [0.2, 0.25) is 0 Å². The summed E-state index contributed by atoms with van der Waals surface area (Å²) in [5, 5.41) is 10.7. The van der Waals surface area contributed by atoms with Crippen LogP contribution in [0.1, 0.15) is 32.8 Å². The van der Waals surface area contributed by atoms with Crippen LogP contribution in [-0.4, -0.2) is 11.2 Å². The summed E-state index contributed by atoms with van der Waals surface area (Å²) in [6.07, 6.45) is 1.25. The minimum absolute atomic E-state index is 0.0676. The summed E-state index contributed by atoms with van der Waals surface area (Å²) in [6, 6.07) is 5.87. The fraction of sp³-hybridized carbons (Fsp3) is 0.538. The van der Waals surface area contributed by atoms with Gasteiger partial charge in [-0.3, -0.25) is 0 Å². The van der Waals surface area contributed by atoms with Crippen molar-refractivity contribution in [1.29, 1.82) is 0 Å². The molecular formula is C13H18BrClO. The van der Waals surface area contributed by atoms with Crippen LogP contribution in [0.2, 0.25) is 5.02 Å². The lowest BCUT2D eigenvalue weighted by Gasteiger charge is -2.25. The van der Waals surface area contributed by atoms with Crippen LogP contribution in [0.25, 0.3) is 0 Å². The second-order valence-corrected chi connectivity index (χ2v) is 6.48. The number of hydrogen-bond donors (Lipinski definition) is 1. The van der Waals surface area contributed by atoms with Gasteiger partial charge in [-0.2, -0.15) is 0 Å². The van der Waals surface area contributed by atoms with Crippen LogP contribution < -0.4 is 0 Å². The summed E-state index contributed by atoms with van der Waals surface area (Å²) in [4.78, 5) is 0. The van der Waals surface area contributed by atoms with Gasteiger partial charge in [-0.15, -0.1) is 0 Å². The van der Waals surface area contributed by atoms with Crippen molar-refractivity contribution >= 4 is 27.5 Å². The Hall–Kier alpha value is -0.0500. The van der Waals surface area contributed by atoms with Gasteiger partial charge in [-0.05, 0) is 36.0 Å². The molecule has 0 aliphatic carbocycles. The van der Waals surface area contributed by atoms with Gasteiger partial charge < -0.3 is 5.11 Å². The lowest BCUT2D eigenvalue weighted by Crippen LogP contribution is -2.26. The predicted molar refractivity (Wildman–Crippen MR) is 72.9 cm³/mol. The SMILES string of the molecule is CC(C)(C)C(O)CCc1ccc(Br)cc1Cl. The highest BCUT2D eigenvalue weighted by Crippen LogP contribution is 2.26. The highest BCUT2D eigenvalue weighted by Gasteiger charge is 2.21. The number of rotatable bonds is 3. The maximum absolute atomic E-state index is 9.94. The summed E-state index contributed by atoms with van der Waals surface area (Å²) >= 11 is 9.49. The predicted octanol–water partition coefficient (Wildman–Crippen LogP) is 4.44. The van der Waals surface area contributed by atoms with Crippen LogP contribution >= 0.6 is 27.5 Å². The van der Waals surface area contributed by atoms with Crippen molar-refractivity contribution < 1.29 is 5.11 Å². The molecule has 0 aromatic heterocycles. The lowest BCUT2D eigenvalue weighted by molar-refractivity contribution is 0.0560. The Bertz CT molecular complexity index is 357. The van der Waals surface area contributed by atoms with E-state index < -0.39 is 0 Å². The molecule has 1 atom stereocenters. The van der Waals surface area contributed by atoms with Gasteiger partial charge >= 0.3 is 0 Å². The van der Waals surface area contributed by atoms with Crippen molar-refractivity contribution in [2.45, 2.75) is 39.7 Å². The van der Waals surface area contributed by atoms with Crippen molar-refractivity contribution in [2.24, 2.45) is 5.41 Å². The molecule has 1 nitrogen and oxygen atoms in total. The first-order valence-corrected chi connectivity index (χ1v) is 6.60. The molecule has 0 fully saturated rings. The number of hydrogen-bond acceptors (Lipinski definition) is 1. The maximum Gasteiger partial charge on any atom is 0.0591 e. The fourth-order valence-corrected chi connectivity index (χ4v) is 2.22. The molecule has 1 aromatic rings. The van der Waals surface area contributed by atoms with Crippen LogP contribution in [-0.2, 0) is 6.42 Å². The number of halogens is 2. The van der Waals surface area contributed by atoms with E-state index in [1.54, 1.807) is 0 Å². The van der Waals surface area contributed by atoms with E-state index in [0.717, 1.165) is 27.9 Å². The summed E-state index contributed by atoms with van der Waals surface area (Å²) in [5.41, 5.74) is 1.02. The van der Waals surface area contributed by atoms with Gasteiger partial charge in [0.25, 0.3) is 0 Å². The average molecular weight is 306 g/mol. The van der Waals surface area contributed by atoms with Gasteiger partial charge in [0.05, 0.1) is 6.10 Å². The zero-order valence-electron chi connectivity index (χ0n) is 9.93. The summed E-state index contributed by atoms with van der Waals surface area (Å²) < 4.78 is 0.984. The van der Waals surface area contributed by atoms with Crippen LogP contribution in [0.15, 0.2) is 22.7 Å². The second-order valence-electron chi connectivity index (χ2n) is 5.16. The molecule has 1 unspecified atom stereocenters. The quantitative estimate of drug-likeness (QED) is 0.875. The van der Waals surface area contributed by atoms with Crippen molar-refractivity contribution in [3.05, 3.63) is 33.3 Å². The first-order chi connectivity index (χ1) is 7.30. The van der Waals surface area contributed by atoms with Crippen LogP contribution in [0.4, 0.5) is 0 Å². The van der Waals surface area contributed by atoms with Crippen LogP contribution in [0.5, 0.6) is 0 Å². The van der Waals surface area contributed by atoms with E-state index in [1.165, 1.54) is 0 Å². The molecule has 0 saturated carbocycles. The standard InChI is InChI=1S/C13H18BrClO/c1-13(2,3)12(16)7-5-9-4-6-10(14)8-11(9)15/h4,6,8,12,16H,5,7H2,1-3H3. The minimum Gasteiger partial charge on any atom is -0.393 e. The topological polar surface area (TPSA) is 20.2 Å². The van der Waals surface area contributed by atoms with E-state index in [4.69, 9.17) is 11.6 Å². The van der Waals surface area contributed by atoms with E-state index in [2.05, 4.69) is 15.9 Å². The average Bonchev–Trinajstić information content (AvgIpc) is 2.14. The molecule has 1 N–H and O–H groups in total. The Morgan fingerprint density at radius 3 is 2.50 bits per heavy atom. The largest absolute Gasteiger partial charge is 0.393 e. The molecule has 1 aromatic carbocycles. The molecule has 0 heterocycles. The monoisotopic (exact) mass is 304 g/mol. The van der Waals surface area contributed by atoms with E-state index in [9.17, 15) is 5.11 Å². The van der Waals surface area contributed by atoms with E-state index >= 15 is 0 Å². The highest BCUT2D eigenvalue weighted by atomic mass is 79.9. The number of aryl methyl sites for hydroxylation is 1. The lowest BCUT2D eigenvalue weighted by atomic mass is 9.86. The number of benzene rings is 1. The van der Waals surface area contributed by atoms with Gasteiger partial charge in [-0.1, -0.05) is 54.4 Å². The fourth-order valence-electron chi connectivity index (χ4n) is 1.45. The summed E-state index contributed by atoms with van der Waals surface area (Å²) in [5.74, 6) is 0. The third kappa shape index (κ3) is 4.08. The Morgan fingerprint density at radius 2 is 2.00 bits per heavy atom. The van der Waals surface area contributed by atoms with Crippen molar-refractivity contribution in [1.82, 2.24) is 0 Å². The number of aliphatic hydroxyl groups excluding tert-OH is 1. The van der Waals surface area contributed by atoms with E-state index in [-0.39, 0.29) is 11.5 Å². The van der Waals surface area contributed by atoms with Crippen LogP contribution in [0, 0.1) is 5.41 Å². The third-order valence-electron chi connectivity index (χ3n) is 2.70. The van der Waals surface area contributed by atoms with E-state index in [1.807, 2.05) is 39.0 Å². The Labute approximate surface area is 111 Å². The second kappa shape index (κ2) is 5.52. The van der Waals surface area contributed by atoms with E-state index in [0.29, 0.717) is 0 Å². The van der Waals surface area contributed by atoms with Crippen LogP contribution in [0.3, 0.4) is 0 Å². The van der Waals surface area contributed by atoms with Gasteiger partial charge in [0.15, 0.2) is 0 Å². The molecule has 0 saturated heterocycles. The van der Waals surface area contributed by atoms with Gasteiger partial charge in [0, 0.05) is 9.50 Å². The highest BCUT2D eigenvalue weighted by molar-refractivity contribution is 9.10. The zero-order chi connectivity index (χ0) is 12.3. The Balaban J connectivity index is 2.62. The molecule has 0 aliphatic rings. The molecule has 0 radical (unpaired) electrons. The Kier molecular flexibility index (Phi) is 4.84. The van der Waals surface area contributed by atoms with Crippen molar-refractivity contribution in [3.63, 3.8) is 0 Å². The first kappa shape index (κ1) is 14.0. The molecule has 0 amide bonds. The summed E-state index contributed by atoms with van der Waals surface area (Å²) in [6.45, 7) is 6.13. The van der Waals surface area contributed by atoms with Crippen molar-refractivity contribution in [2.75, 3.05) is 0 Å². The molecule has 3 heteroatoms. The molecule has 0 bridgehead atoms. The molecule has 16 heavy (non-hydrogen) atoms. The smallest absolute Gasteiger partial charge is 0.0591 e. The first-order valence-electron chi connectivity index (χ1n) is 5.42. The Morgan fingerprint density at radius 1 is 1.38 bits per heavy atom. The van der Waals surface area contributed by atoms with Gasteiger partial charge in [-0.25, -0.2) is 0 Å². The van der Waals surface area contributed by atoms with Gasteiger partial charge in [0.1, 0.15) is 0 Å². The molecule has 1 rings (SSSR count). The molecule has 90 valence electrons. The maximum atomic E-state index is 9.94. The normalized spacial score (nSPS) is 13.9. The molecule has 0 spiro atoms. The molecule has 0 aliphatic heterocycles.